The Morgan fingerprint density at radius 3 is 2.81 bits per heavy atom. The van der Waals surface area contributed by atoms with Crippen LogP contribution in [0.1, 0.15) is 23.2 Å². The van der Waals surface area contributed by atoms with Crippen LogP contribution in [-0.2, 0) is 4.74 Å². The zero-order chi connectivity index (χ0) is 15.5. The maximum atomic E-state index is 12.0. The molecule has 1 heterocycles. The van der Waals surface area contributed by atoms with Crippen LogP contribution in [0.5, 0.6) is 0 Å². The molecular weight excluding hydrogens is 268 g/mol. The monoisotopic (exact) mass is 294 g/mol. The van der Waals surface area contributed by atoms with Gasteiger partial charge in [0.25, 0.3) is 5.91 Å². The molecule has 1 rings (SSSR count). The van der Waals surface area contributed by atoms with Crippen molar-refractivity contribution in [3.8, 4) is 0 Å². The molecule has 0 saturated heterocycles. The zero-order valence-corrected chi connectivity index (χ0v) is 13.2. The SMILES string of the molecule is COCCCNC(=O)c1cncc(NCCCN(C)C)c1. The Bertz CT molecular complexity index is 424. The summed E-state index contributed by atoms with van der Waals surface area (Å²) in [6.45, 7) is 3.14. The van der Waals surface area contributed by atoms with Gasteiger partial charge in [0.2, 0.25) is 0 Å². The summed E-state index contributed by atoms with van der Waals surface area (Å²) in [6.07, 6.45) is 5.16. The molecule has 0 aliphatic heterocycles. The summed E-state index contributed by atoms with van der Waals surface area (Å²) < 4.78 is 4.94. The molecule has 21 heavy (non-hydrogen) atoms. The minimum atomic E-state index is -0.101. The number of nitrogens with one attached hydrogen (secondary N) is 2. The molecule has 0 fully saturated rings. The largest absolute Gasteiger partial charge is 0.385 e. The second kappa shape index (κ2) is 10.1. The van der Waals surface area contributed by atoms with E-state index in [4.69, 9.17) is 4.74 Å². The first-order valence-corrected chi connectivity index (χ1v) is 7.24. The number of anilines is 1. The van der Waals surface area contributed by atoms with Crippen molar-refractivity contribution in [2.75, 3.05) is 52.8 Å². The van der Waals surface area contributed by atoms with E-state index in [0.717, 1.165) is 31.6 Å². The number of rotatable bonds is 10. The van der Waals surface area contributed by atoms with Crippen LogP contribution in [-0.4, -0.2) is 63.2 Å². The molecule has 0 unspecified atom stereocenters. The fourth-order valence-corrected chi connectivity index (χ4v) is 1.81. The van der Waals surface area contributed by atoms with E-state index in [1.165, 1.54) is 0 Å². The Hall–Kier alpha value is -1.66. The van der Waals surface area contributed by atoms with Crippen LogP contribution in [0.25, 0.3) is 0 Å². The van der Waals surface area contributed by atoms with Gasteiger partial charge in [-0.25, -0.2) is 0 Å². The van der Waals surface area contributed by atoms with E-state index in [2.05, 4.69) is 34.6 Å². The summed E-state index contributed by atoms with van der Waals surface area (Å²) >= 11 is 0. The molecule has 0 saturated carbocycles. The Morgan fingerprint density at radius 1 is 1.29 bits per heavy atom. The highest BCUT2D eigenvalue weighted by Gasteiger charge is 2.06. The molecule has 1 aromatic heterocycles. The Labute approximate surface area is 126 Å². The second-order valence-electron chi connectivity index (χ2n) is 5.15. The van der Waals surface area contributed by atoms with Crippen LogP contribution < -0.4 is 10.6 Å². The Kier molecular flexibility index (Phi) is 8.38. The summed E-state index contributed by atoms with van der Waals surface area (Å²) in [6, 6.07) is 1.83. The number of amides is 1. The van der Waals surface area contributed by atoms with Gasteiger partial charge in [0.15, 0.2) is 0 Å². The van der Waals surface area contributed by atoms with Crippen LogP contribution in [0.15, 0.2) is 18.5 Å². The number of hydrogen-bond donors (Lipinski definition) is 2. The first kappa shape index (κ1) is 17.4. The van der Waals surface area contributed by atoms with E-state index in [9.17, 15) is 4.79 Å². The molecule has 0 aliphatic rings. The van der Waals surface area contributed by atoms with Crippen molar-refractivity contribution < 1.29 is 9.53 Å². The second-order valence-corrected chi connectivity index (χ2v) is 5.15. The summed E-state index contributed by atoms with van der Waals surface area (Å²) in [4.78, 5) is 18.2. The van der Waals surface area contributed by atoms with Gasteiger partial charge in [0, 0.05) is 39.2 Å². The summed E-state index contributed by atoms with van der Waals surface area (Å²) in [5.74, 6) is -0.101. The van der Waals surface area contributed by atoms with E-state index in [1.807, 2.05) is 6.07 Å². The third-order valence-electron chi connectivity index (χ3n) is 2.92. The van der Waals surface area contributed by atoms with Gasteiger partial charge in [-0.1, -0.05) is 0 Å². The van der Waals surface area contributed by atoms with Gasteiger partial charge >= 0.3 is 0 Å². The minimum absolute atomic E-state index is 0.101. The smallest absolute Gasteiger partial charge is 0.252 e. The summed E-state index contributed by atoms with van der Waals surface area (Å²) in [5.41, 5.74) is 1.45. The van der Waals surface area contributed by atoms with E-state index >= 15 is 0 Å². The number of carbonyl (C=O) groups is 1. The van der Waals surface area contributed by atoms with Gasteiger partial charge < -0.3 is 20.3 Å². The number of aromatic nitrogens is 1. The molecule has 1 amide bonds. The lowest BCUT2D eigenvalue weighted by atomic mass is 10.2. The van der Waals surface area contributed by atoms with Gasteiger partial charge in [-0.3, -0.25) is 9.78 Å². The third kappa shape index (κ3) is 7.63. The van der Waals surface area contributed by atoms with Crippen LogP contribution >= 0.6 is 0 Å². The van der Waals surface area contributed by atoms with Crippen LogP contribution in [0.2, 0.25) is 0 Å². The third-order valence-corrected chi connectivity index (χ3v) is 2.92. The standard InChI is InChI=1S/C15H26N4O2/c1-19(2)8-4-6-17-14-10-13(11-16-12-14)15(20)18-7-5-9-21-3/h10-12,17H,4-9H2,1-3H3,(H,18,20). The summed E-state index contributed by atoms with van der Waals surface area (Å²) in [7, 11) is 5.75. The van der Waals surface area contributed by atoms with Crippen LogP contribution in [0.3, 0.4) is 0 Å². The van der Waals surface area contributed by atoms with Crippen molar-refractivity contribution in [1.29, 1.82) is 0 Å². The van der Waals surface area contributed by atoms with Gasteiger partial charge in [0.1, 0.15) is 0 Å². The lowest BCUT2D eigenvalue weighted by molar-refractivity contribution is 0.0948. The van der Waals surface area contributed by atoms with Crippen molar-refractivity contribution in [3.63, 3.8) is 0 Å². The number of ether oxygens (including phenoxy) is 1. The molecular formula is C15H26N4O2. The van der Waals surface area contributed by atoms with Crippen molar-refractivity contribution in [2.45, 2.75) is 12.8 Å². The summed E-state index contributed by atoms with van der Waals surface area (Å²) in [5, 5.41) is 6.13. The molecule has 1 aromatic rings. The number of hydrogen-bond acceptors (Lipinski definition) is 5. The molecule has 118 valence electrons. The molecule has 0 aromatic carbocycles. The minimum Gasteiger partial charge on any atom is -0.385 e. The Morgan fingerprint density at radius 2 is 2.10 bits per heavy atom. The maximum Gasteiger partial charge on any atom is 0.252 e. The molecule has 0 radical (unpaired) electrons. The first-order valence-electron chi connectivity index (χ1n) is 7.24. The van der Waals surface area contributed by atoms with Crippen molar-refractivity contribution in [3.05, 3.63) is 24.0 Å². The maximum absolute atomic E-state index is 12.0. The van der Waals surface area contributed by atoms with Crippen LogP contribution in [0.4, 0.5) is 5.69 Å². The van der Waals surface area contributed by atoms with Gasteiger partial charge in [-0.15, -0.1) is 0 Å². The Balaban J connectivity index is 2.38. The highest BCUT2D eigenvalue weighted by atomic mass is 16.5. The average molecular weight is 294 g/mol. The number of nitrogens with zero attached hydrogens (tertiary/aromatic N) is 2. The number of carbonyl (C=O) groups excluding carboxylic acids is 1. The fraction of sp³-hybridized carbons (Fsp3) is 0.600. The molecule has 0 atom stereocenters. The first-order chi connectivity index (χ1) is 10.1. The van der Waals surface area contributed by atoms with Crippen molar-refractivity contribution in [2.24, 2.45) is 0 Å². The predicted octanol–water partition coefficient (Wildman–Crippen LogP) is 1.21. The van der Waals surface area contributed by atoms with Gasteiger partial charge in [-0.05, 0) is 39.5 Å². The van der Waals surface area contributed by atoms with E-state index in [0.29, 0.717) is 18.7 Å². The average Bonchev–Trinajstić information content (AvgIpc) is 2.48. The van der Waals surface area contributed by atoms with E-state index in [-0.39, 0.29) is 5.91 Å². The van der Waals surface area contributed by atoms with Crippen molar-refractivity contribution >= 4 is 11.6 Å². The zero-order valence-electron chi connectivity index (χ0n) is 13.2. The molecule has 0 bridgehead atoms. The molecule has 6 heteroatoms. The highest BCUT2D eigenvalue weighted by molar-refractivity contribution is 5.94. The highest BCUT2D eigenvalue weighted by Crippen LogP contribution is 2.08. The van der Waals surface area contributed by atoms with Gasteiger partial charge in [0.05, 0.1) is 11.3 Å². The molecule has 0 aliphatic carbocycles. The predicted molar refractivity (Wildman–Crippen MR) is 84.7 cm³/mol. The van der Waals surface area contributed by atoms with Crippen molar-refractivity contribution in [1.82, 2.24) is 15.2 Å². The fourth-order valence-electron chi connectivity index (χ4n) is 1.81. The lowest BCUT2D eigenvalue weighted by Gasteiger charge is -2.11. The molecule has 2 N–H and O–H groups in total. The normalized spacial score (nSPS) is 10.7. The van der Waals surface area contributed by atoms with E-state index < -0.39 is 0 Å². The topological polar surface area (TPSA) is 66.5 Å². The number of methoxy groups -OCH3 is 1. The number of pyridine rings is 1. The van der Waals surface area contributed by atoms with Gasteiger partial charge in [-0.2, -0.15) is 0 Å². The molecule has 0 spiro atoms. The van der Waals surface area contributed by atoms with E-state index in [1.54, 1.807) is 19.5 Å². The lowest BCUT2D eigenvalue weighted by Crippen LogP contribution is -2.25. The molecule has 6 nitrogen and oxygen atoms in total. The van der Waals surface area contributed by atoms with Crippen LogP contribution in [0, 0.1) is 0 Å². The quantitative estimate of drug-likeness (QED) is 0.635.